The Hall–Kier alpha value is -2.42. The Morgan fingerprint density at radius 3 is 2.23 bits per heavy atom. The number of ether oxygens (including phenoxy) is 1. The molecule has 0 bridgehead atoms. The lowest BCUT2D eigenvalue weighted by molar-refractivity contribution is -0.0672. The molecule has 1 heterocycles. The molecule has 1 aliphatic heterocycles. The van der Waals surface area contributed by atoms with Crippen LogP contribution in [0, 0.1) is 6.92 Å². The molecule has 1 aliphatic rings. The van der Waals surface area contributed by atoms with Gasteiger partial charge in [-0.1, -0.05) is 17.7 Å². The van der Waals surface area contributed by atoms with Crippen LogP contribution in [-0.2, 0) is 14.8 Å². The number of hydrogen-bond donors (Lipinski definition) is 1. The molecule has 0 spiro atoms. The molecule has 2 atom stereocenters. The number of morpholine rings is 1. The van der Waals surface area contributed by atoms with E-state index in [2.05, 4.69) is 24.1 Å². The zero-order valence-electron chi connectivity index (χ0n) is 18.5. The highest BCUT2D eigenvalue weighted by atomic mass is 32.2. The van der Waals surface area contributed by atoms with Crippen molar-refractivity contribution in [3.63, 3.8) is 0 Å². The average molecular weight is 446 g/mol. The first kappa shape index (κ1) is 23.2. The number of amides is 1. The van der Waals surface area contributed by atoms with Crippen molar-refractivity contribution in [1.29, 1.82) is 0 Å². The predicted molar refractivity (Wildman–Crippen MR) is 122 cm³/mol. The molecule has 1 amide bonds. The second kappa shape index (κ2) is 9.80. The SMILES string of the molecule is Cc1ccc(S(=O)(=O)N(C)c2ccc(C(=O)NCCN3CC(C)OC(C)C3)cc2)cc1. The summed E-state index contributed by atoms with van der Waals surface area (Å²) in [5.41, 5.74) is 1.98. The van der Waals surface area contributed by atoms with Gasteiger partial charge in [0.05, 0.1) is 22.8 Å². The summed E-state index contributed by atoms with van der Waals surface area (Å²) in [4.78, 5) is 15.0. The fraction of sp³-hybridized carbons (Fsp3) is 0.435. The summed E-state index contributed by atoms with van der Waals surface area (Å²) < 4.78 is 32.6. The quantitative estimate of drug-likeness (QED) is 0.709. The topological polar surface area (TPSA) is 79.0 Å². The van der Waals surface area contributed by atoms with Gasteiger partial charge in [0.2, 0.25) is 0 Å². The first-order valence-electron chi connectivity index (χ1n) is 10.5. The van der Waals surface area contributed by atoms with Crippen molar-refractivity contribution in [2.24, 2.45) is 0 Å². The maximum absolute atomic E-state index is 12.8. The minimum atomic E-state index is -3.66. The van der Waals surface area contributed by atoms with E-state index in [-0.39, 0.29) is 23.0 Å². The van der Waals surface area contributed by atoms with Gasteiger partial charge in [0, 0.05) is 38.8 Å². The van der Waals surface area contributed by atoms with Gasteiger partial charge in [-0.15, -0.1) is 0 Å². The molecule has 0 aromatic heterocycles. The Balaban J connectivity index is 1.57. The lowest BCUT2D eigenvalue weighted by Crippen LogP contribution is -2.47. The number of carbonyl (C=O) groups excluding carboxylic acids is 1. The van der Waals surface area contributed by atoms with Gasteiger partial charge in [-0.2, -0.15) is 0 Å². The van der Waals surface area contributed by atoms with Gasteiger partial charge in [-0.05, 0) is 57.2 Å². The van der Waals surface area contributed by atoms with E-state index in [1.54, 1.807) is 48.5 Å². The fourth-order valence-electron chi connectivity index (χ4n) is 3.73. The van der Waals surface area contributed by atoms with E-state index in [9.17, 15) is 13.2 Å². The van der Waals surface area contributed by atoms with Gasteiger partial charge < -0.3 is 10.1 Å². The number of aryl methyl sites for hydroxylation is 1. The van der Waals surface area contributed by atoms with Crippen LogP contribution in [0.25, 0.3) is 0 Å². The van der Waals surface area contributed by atoms with Crippen LogP contribution in [0.1, 0.15) is 29.8 Å². The highest BCUT2D eigenvalue weighted by molar-refractivity contribution is 7.92. The van der Waals surface area contributed by atoms with E-state index in [1.807, 2.05) is 6.92 Å². The maximum atomic E-state index is 12.8. The minimum Gasteiger partial charge on any atom is -0.373 e. The van der Waals surface area contributed by atoms with Gasteiger partial charge in [0.1, 0.15) is 0 Å². The van der Waals surface area contributed by atoms with Gasteiger partial charge in [-0.3, -0.25) is 14.0 Å². The van der Waals surface area contributed by atoms with Crippen LogP contribution >= 0.6 is 0 Å². The van der Waals surface area contributed by atoms with E-state index in [4.69, 9.17) is 4.74 Å². The molecule has 8 heteroatoms. The summed E-state index contributed by atoms with van der Waals surface area (Å²) in [7, 11) is -2.15. The molecule has 2 aromatic carbocycles. The molecule has 168 valence electrons. The van der Waals surface area contributed by atoms with E-state index < -0.39 is 10.0 Å². The molecule has 31 heavy (non-hydrogen) atoms. The average Bonchev–Trinajstić information content (AvgIpc) is 2.73. The molecule has 0 aliphatic carbocycles. The standard InChI is InChI=1S/C23H31N3O4S/c1-17-5-11-22(12-6-17)31(28,29)25(4)21-9-7-20(8-10-21)23(27)24-13-14-26-15-18(2)30-19(3)16-26/h5-12,18-19H,13-16H2,1-4H3,(H,24,27). The van der Waals surface area contributed by atoms with Crippen LogP contribution in [0.2, 0.25) is 0 Å². The third-order valence-corrected chi connectivity index (χ3v) is 7.18. The Bertz CT molecular complexity index is 980. The third kappa shape index (κ3) is 5.84. The van der Waals surface area contributed by atoms with Crippen LogP contribution in [0.3, 0.4) is 0 Å². The fourth-order valence-corrected chi connectivity index (χ4v) is 4.92. The number of nitrogens with zero attached hydrogens (tertiary/aromatic N) is 2. The zero-order valence-corrected chi connectivity index (χ0v) is 19.4. The number of benzene rings is 2. The van der Waals surface area contributed by atoms with Crippen LogP contribution < -0.4 is 9.62 Å². The highest BCUT2D eigenvalue weighted by Gasteiger charge is 2.23. The van der Waals surface area contributed by atoms with Crippen LogP contribution in [-0.4, -0.2) is 64.7 Å². The smallest absolute Gasteiger partial charge is 0.264 e. The van der Waals surface area contributed by atoms with Gasteiger partial charge in [0.15, 0.2) is 0 Å². The van der Waals surface area contributed by atoms with Gasteiger partial charge in [-0.25, -0.2) is 8.42 Å². The third-order valence-electron chi connectivity index (χ3n) is 5.38. The molecule has 1 fully saturated rings. The van der Waals surface area contributed by atoms with Crippen molar-refractivity contribution >= 4 is 21.6 Å². The molecular formula is C23H31N3O4S. The van der Waals surface area contributed by atoms with Crippen LogP contribution in [0.4, 0.5) is 5.69 Å². The first-order chi connectivity index (χ1) is 14.7. The molecule has 0 radical (unpaired) electrons. The normalized spacial score (nSPS) is 19.7. The minimum absolute atomic E-state index is 0.176. The van der Waals surface area contributed by atoms with Crippen molar-refractivity contribution < 1.29 is 17.9 Å². The number of sulfonamides is 1. The number of carbonyl (C=O) groups is 1. The summed E-state index contributed by atoms with van der Waals surface area (Å²) in [5.74, 6) is -0.176. The summed E-state index contributed by atoms with van der Waals surface area (Å²) >= 11 is 0. The van der Waals surface area contributed by atoms with Crippen molar-refractivity contribution in [1.82, 2.24) is 10.2 Å². The molecule has 2 aromatic rings. The number of rotatable bonds is 7. The lowest BCUT2D eigenvalue weighted by atomic mass is 10.2. The molecule has 1 N–H and O–H groups in total. The molecule has 1 saturated heterocycles. The lowest BCUT2D eigenvalue weighted by Gasteiger charge is -2.35. The second-order valence-corrected chi connectivity index (χ2v) is 10.1. The summed E-state index contributed by atoms with van der Waals surface area (Å²) in [6.45, 7) is 9.04. The van der Waals surface area contributed by atoms with Crippen molar-refractivity contribution in [2.75, 3.05) is 37.5 Å². The van der Waals surface area contributed by atoms with Crippen molar-refractivity contribution in [2.45, 2.75) is 37.9 Å². The zero-order chi connectivity index (χ0) is 22.6. The van der Waals surface area contributed by atoms with E-state index >= 15 is 0 Å². The van der Waals surface area contributed by atoms with Crippen molar-refractivity contribution in [3.8, 4) is 0 Å². The molecule has 2 unspecified atom stereocenters. The molecule has 7 nitrogen and oxygen atoms in total. The van der Waals surface area contributed by atoms with Gasteiger partial charge >= 0.3 is 0 Å². The Morgan fingerprint density at radius 1 is 1.06 bits per heavy atom. The van der Waals surface area contributed by atoms with Crippen LogP contribution in [0.15, 0.2) is 53.4 Å². The Kier molecular flexibility index (Phi) is 7.35. The number of nitrogens with one attached hydrogen (secondary N) is 1. The molecular weight excluding hydrogens is 414 g/mol. The Morgan fingerprint density at radius 2 is 1.65 bits per heavy atom. The maximum Gasteiger partial charge on any atom is 0.264 e. The predicted octanol–water partition coefficient (Wildman–Crippen LogP) is 2.66. The summed E-state index contributed by atoms with van der Waals surface area (Å²) in [6, 6.07) is 13.3. The van der Waals surface area contributed by atoms with E-state index in [1.165, 1.54) is 11.4 Å². The van der Waals surface area contributed by atoms with Gasteiger partial charge in [0.25, 0.3) is 15.9 Å². The monoisotopic (exact) mass is 445 g/mol. The number of anilines is 1. The largest absolute Gasteiger partial charge is 0.373 e. The Labute approximate surface area is 185 Å². The number of hydrogen-bond acceptors (Lipinski definition) is 5. The van der Waals surface area contributed by atoms with E-state index in [0.29, 0.717) is 17.8 Å². The second-order valence-electron chi connectivity index (χ2n) is 8.11. The summed E-state index contributed by atoms with van der Waals surface area (Å²) in [6.07, 6.45) is 0.389. The summed E-state index contributed by atoms with van der Waals surface area (Å²) in [5, 5.41) is 2.93. The van der Waals surface area contributed by atoms with E-state index in [0.717, 1.165) is 25.2 Å². The van der Waals surface area contributed by atoms with Crippen LogP contribution in [0.5, 0.6) is 0 Å². The first-order valence-corrected chi connectivity index (χ1v) is 11.9. The molecule has 3 rings (SSSR count). The van der Waals surface area contributed by atoms with Crippen molar-refractivity contribution in [3.05, 3.63) is 59.7 Å². The molecule has 0 saturated carbocycles. The highest BCUT2D eigenvalue weighted by Crippen LogP contribution is 2.22.